The van der Waals surface area contributed by atoms with Crippen molar-refractivity contribution in [2.45, 2.75) is 102 Å². The standard InChI is InChI=1S/C28H53N3O4/c1-27-9-8-20(33-13-3-10-29)16-19(27)17-23(34-14-4-11-30)26-21-6-7-24(32)28(21,2)25(18-22(26)27)35-15-5-12-31/h19-26,32H,3-18,29-31H2,1-2H3/t19-,20+,21-,22-,23+,24-,25-,26-,27-,28-/m0/s1. The lowest BCUT2D eigenvalue weighted by molar-refractivity contribution is -0.230. The van der Waals surface area contributed by atoms with Gasteiger partial charge in [0, 0.05) is 25.2 Å². The first-order valence-electron chi connectivity index (χ1n) is 14.5. The summed E-state index contributed by atoms with van der Waals surface area (Å²) in [5, 5.41) is 11.2. The van der Waals surface area contributed by atoms with Crippen LogP contribution in [0.2, 0.25) is 0 Å². The molecule has 0 aliphatic heterocycles. The number of hydrogen-bond acceptors (Lipinski definition) is 7. The third-order valence-electron chi connectivity index (χ3n) is 10.7. The topological polar surface area (TPSA) is 126 Å². The molecule has 0 saturated heterocycles. The molecule has 10 atom stereocenters. The Hall–Kier alpha value is -0.280. The van der Waals surface area contributed by atoms with E-state index in [-0.39, 0.29) is 29.1 Å². The molecule has 0 unspecified atom stereocenters. The van der Waals surface area contributed by atoms with Crippen LogP contribution in [-0.2, 0) is 14.2 Å². The first-order chi connectivity index (χ1) is 16.9. The molecule has 204 valence electrons. The number of nitrogens with two attached hydrogens (primary N) is 3. The molecular formula is C28H53N3O4. The van der Waals surface area contributed by atoms with E-state index in [1.807, 2.05) is 0 Å². The third-order valence-corrected chi connectivity index (χ3v) is 10.7. The molecule has 0 amide bonds. The molecule has 7 heteroatoms. The largest absolute Gasteiger partial charge is 0.392 e. The second-order valence-electron chi connectivity index (χ2n) is 12.4. The number of aliphatic hydroxyl groups excluding tert-OH is 1. The third kappa shape index (κ3) is 5.34. The predicted molar refractivity (Wildman–Crippen MR) is 139 cm³/mol. The molecule has 0 radical (unpaired) electrons. The van der Waals surface area contributed by atoms with Crippen LogP contribution in [0.1, 0.15) is 78.1 Å². The molecule has 4 aliphatic carbocycles. The fourth-order valence-corrected chi connectivity index (χ4v) is 8.63. The van der Waals surface area contributed by atoms with E-state index in [1.54, 1.807) is 0 Å². The predicted octanol–water partition coefficient (Wildman–Crippen LogP) is 2.81. The molecule has 0 aromatic rings. The van der Waals surface area contributed by atoms with Gasteiger partial charge in [0.15, 0.2) is 0 Å². The highest BCUT2D eigenvalue weighted by atomic mass is 16.5. The van der Waals surface area contributed by atoms with Gasteiger partial charge in [-0.15, -0.1) is 0 Å². The van der Waals surface area contributed by atoms with Crippen molar-refractivity contribution in [1.29, 1.82) is 0 Å². The van der Waals surface area contributed by atoms with Crippen LogP contribution in [0.5, 0.6) is 0 Å². The summed E-state index contributed by atoms with van der Waals surface area (Å²) in [6.45, 7) is 9.01. The lowest BCUT2D eigenvalue weighted by atomic mass is 9.43. The van der Waals surface area contributed by atoms with Crippen molar-refractivity contribution >= 4 is 0 Å². The van der Waals surface area contributed by atoms with Crippen LogP contribution in [0.4, 0.5) is 0 Å². The molecule has 0 heterocycles. The number of fused-ring (bicyclic) bond motifs is 5. The zero-order valence-corrected chi connectivity index (χ0v) is 22.3. The van der Waals surface area contributed by atoms with Crippen molar-refractivity contribution in [2.24, 2.45) is 51.7 Å². The second kappa shape index (κ2) is 12.1. The maximum absolute atomic E-state index is 11.2. The van der Waals surface area contributed by atoms with E-state index in [9.17, 15) is 5.11 Å². The summed E-state index contributed by atoms with van der Waals surface area (Å²) in [4.78, 5) is 0. The lowest BCUT2D eigenvalue weighted by Gasteiger charge is -2.64. The van der Waals surface area contributed by atoms with Crippen molar-refractivity contribution in [3.8, 4) is 0 Å². The van der Waals surface area contributed by atoms with Crippen LogP contribution in [0.25, 0.3) is 0 Å². The molecule has 4 aliphatic rings. The Morgan fingerprint density at radius 1 is 0.771 bits per heavy atom. The lowest BCUT2D eigenvalue weighted by Crippen LogP contribution is -2.63. The van der Waals surface area contributed by atoms with Crippen molar-refractivity contribution in [3.05, 3.63) is 0 Å². The Labute approximate surface area is 213 Å². The summed E-state index contributed by atoms with van der Waals surface area (Å²) < 4.78 is 19.5. The minimum Gasteiger partial charge on any atom is -0.392 e. The molecule has 4 fully saturated rings. The van der Waals surface area contributed by atoms with E-state index < -0.39 is 0 Å². The summed E-state index contributed by atoms with van der Waals surface area (Å²) >= 11 is 0. The van der Waals surface area contributed by atoms with E-state index in [2.05, 4.69) is 13.8 Å². The fourth-order valence-electron chi connectivity index (χ4n) is 8.63. The molecular weight excluding hydrogens is 442 g/mol. The summed E-state index contributed by atoms with van der Waals surface area (Å²) in [5.41, 5.74) is 17.3. The molecule has 0 aromatic carbocycles. The Bertz CT molecular complexity index is 668. The van der Waals surface area contributed by atoms with Gasteiger partial charge in [-0.3, -0.25) is 0 Å². The maximum Gasteiger partial charge on any atom is 0.0659 e. The number of rotatable bonds is 12. The van der Waals surface area contributed by atoms with Crippen LogP contribution >= 0.6 is 0 Å². The van der Waals surface area contributed by atoms with Crippen molar-refractivity contribution in [1.82, 2.24) is 0 Å². The molecule has 7 N–H and O–H groups in total. The first-order valence-corrected chi connectivity index (χ1v) is 14.5. The minimum atomic E-state index is -0.307. The van der Waals surface area contributed by atoms with Gasteiger partial charge in [0.1, 0.15) is 0 Å². The van der Waals surface area contributed by atoms with Gasteiger partial charge in [-0.1, -0.05) is 13.8 Å². The van der Waals surface area contributed by atoms with Gasteiger partial charge in [0.25, 0.3) is 0 Å². The zero-order valence-electron chi connectivity index (χ0n) is 22.3. The van der Waals surface area contributed by atoms with Gasteiger partial charge in [0.2, 0.25) is 0 Å². The van der Waals surface area contributed by atoms with E-state index >= 15 is 0 Å². The summed E-state index contributed by atoms with van der Waals surface area (Å²) in [5.74, 6) is 2.03. The molecule has 4 saturated carbocycles. The van der Waals surface area contributed by atoms with Crippen molar-refractivity contribution in [3.63, 3.8) is 0 Å². The Morgan fingerprint density at radius 3 is 2.11 bits per heavy atom. The molecule has 0 bridgehead atoms. The summed E-state index contributed by atoms with van der Waals surface area (Å²) in [6, 6.07) is 0. The van der Waals surface area contributed by atoms with Crippen molar-refractivity contribution in [2.75, 3.05) is 39.5 Å². The van der Waals surface area contributed by atoms with Crippen LogP contribution in [0, 0.1) is 34.5 Å². The van der Waals surface area contributed by atoms with Gasteiger partial charge in [-0.05, 0) is 113 Å². The van der Waals surface area contributed by atoms with Gasteiger partial charge in [-0.2, -0.15) is 0 Å². The molecule has 0 spiro atoms. The van der Waals surface area contributed by atoms with Crippen molar-refractivity contribution < 1.29 is 19.3 Å². The Kier molecular flexibility index (Phi) is 9.56. The normalized spacial score (nSPS) is 45.1. The summed E-state index contributed by atoms with van der Waals surface area (Å²) in [6.07, 6.45) is 10.5. The highest BCUT2D eigenvalue weighted by Gasteiger charge is 2.66. The molecule has 7 nitrogen and oxygen atoms in total. The molecule has 0 aromatic heterocycles. The zero-order chi connectivity index (χ0) is 25.1. The van der Waals surface area contributed by atoms with Crippen LogP contribution in [-0.4, -0.2) is 69.0 Å². The minimum absolute atomic E-state index is 0.0802. The Balaban J connectivity index is 1.60. The van der Waals surface area contributed by atoms with E-state index in [0.717, 1.165) is 71.0 Å². The van der Waals surface area contributed by atoms with Gasteiger partial charge in [-0.25, -0.2) is 0 Å². The highest BCUT2D eigenvalue weighted by Crippen LogP contribution is 2.67. The highest BCUT2D eigenvalue weighted by molar-refractivity contribution is 5.15. The van der Waals surface area contributed by atoms with Crippen LogP contribution in [0.15, 0.2) is 0 Å². The molecule has 4 rings (SSSR count). The SMILES string of the molecule is C[C@]12CC[C@@H](OCCCN)C[C@H]1C[C@@H](OCCCN)[C@@H]1[C@@H]2C[C@H](OCCCN)[C@]2(C)[C@@H](O)CC[C@@H]12. The van der Waals surface area contributed by atoms with Crippen LogP contribution < -0.4 is 17.2 Å². The smallest absolute Gasteiger partial charge is 0.0659 e. The number of aliphatic hydroxyl groups is 1. The average Bonchev–Trinajstić information content (AvgIpc) is 3.15. The van der Waals surface area contributed by atoms with E-state index in [4.69, 9.17) is 31.4 Å². The number of hydrogen-bond donors (Lipinski definition) is 4. The quantitative estimate of drug-likeness (QED) is 0.307. The van der Waals surface area contributed by atoms with Gasteiger partial charge >= 0.3 is 0 Å². The Morgan fingerprint density at radius 2 is 1.43 bits per heavy atom. The van der Waals surface area contributed by atoms with E-state index in [1.165, 1.54) is 6.42 Å². The van der Waals surface area contributed by atoms with Gasteiger partial charge < -0.3 is 36.5 Å². The first kappa shape index (κ1) is 27.7. The van der Waals surface area contributed by atoms with Crippen LogP contribution in [0.3, 0.4) is 0 Å². The fraction of sp³-hybridized carbons (Fsp3) is 1.00. The second-order valence-corrected chi connectivity index (χ2v) is 12.4. The van der Waals surface area contributed by atoms with Gasteiger partial charge in [0.05, 0.1) is 24.4 Å². The average molecular weight is 496 g/mol. The maximum atomic E-state index is 11.2. The van der Waals surface area contributed by atoms with E-state index in [0.29, 0.717) is 56.0 Å². The molecule has 35 heavy (non-hydrogen) atoms. The number of ether oxygens (including phenoxy) is 3. The monoisotopic (exact) mass is 495 g/mol. The summed E-state index contributed by atoms with van der Waals surface area (Å²) in [7, 11) is 0.